The molecule has 0 bridgehead atoms. The van der Waals surface area contributed by atoms with E-state index in [0.29, 0.717) is 16.9 Å². The highest BCUT2D eigenvalue weighted by Gasteiger charge is 2.39. The van der Waals surface area contributed by atoms with Gasteiger partial charge in [-0.15, -0.1) is 0 Å². The molecule has 2 aromatic rings. The van der Waals surface area contributed by atoms with Crippen molar-refractivity contribution in [2.45, 2.75) is 71.3 Å². The Hall–Kier alpha value is -3.76. The Bertz CT molecular complexity index is 1330. The van der Waals surface area contributed by atoms with Gasteiger partial charge in [0.25, 0.3) is 0 Å². The Kier molecular flexibility index (Phi) is 7.57. The minimum Gasteiger partial charge on any atom is -0.444 e. The van der Waals surface area contributed by atoms with Crippen molar-refractivity contribution in [3.8, 4) is 0 Å². The number of amides is 3. The minimum atomic E-state index is -0.780. The van der Waals surface area contributed by atoms with E-state index in [9.17, 15) is 23.6 Å². The molecule has 202 valence electrons. The average molecular weight is 547 g/mol. The fourth-order valence-electron chi connectivity index (χ4n) is 4.72. The molecule has 2 atom stereocenters. The van der Waals surface area contributed by atoms with E-state index in [1.807, 2.05) is 0 Å². The van der Waals surface area contributed by atoms with Gasteiger partial charge < -0.3 is 15.0 Å². The quantitative estimate of drug-likeness (QED) is 0.453. The maximum absolute atomic E-state index is 14.3. The first-order valence-electron chi connectivity index (χ1n) is 12.0. The summed E-state index contributed by atoms with van der Waals surface area (Å²) in [5, 5.41) is 7.02. The fraction of sp³-hybridized carbons (Fsp3) is 0.480. The number of carbonyl (C=O) groups excluding carboxylic acids is 4. The second-order valence-electron chi connectivity index (χ2n) is 10.3. The van der Waals surface area contributed by atoms with Crippen molar-refractivity contribution in [3.05, 3.63) is 40.4 Å². The summed E-state index contributed by atoms with van der Waals surface area (Å²) in [5.41, 5.74) is 0.889. The molecule has 3 amide bonds. The van der Waals surface area contributed by atoms with E-state index in [2.05, 4.69) is 15.4 Å². The molecule has 1 unspecified atom stereocenters. The summed E-state index contributed by atoms with van der Waals surface area (Å²) >= 11 is 5.88. The predicted octanol–water partition coefficient (Wildman–Crippen LogP) is 3.25. The number of hydrogen-bond donors (Lipinski definition) is 1. The minimum absolute atomic E-state index is 0.0614. The molecule has 1 N–H and O–H groups in total. The van der Waals surface area contributed by atoms with Crippen molar-refractivity contribution < 1.29 is 28.3 Å². The van der Waals surface area contributed by atoms with E-state index in [1.165, 1.54) is 30.0 Å². The van der Waals surface area contributed by atoms with E-state index in [-0.39, 0.29) is 61.0 Å². The molecule has 11 nitrogen and oxygen atoms in total. The Balaban J connectivity index is 1.68. The summed E-state index contributed by atoms with van der Waals surface area (Å²) in [5.74, 6) is -1.08. The molecule has 0 spiro atoms. The van der Waals surface area contributed by atoms with E-state index in [1.54, 1.807) is 36.5 Å². The van der Waals surface area contributed by atoms with Crippen LogP contribution in [0, 0.1) is 5.82 Å². The SMILES string of the molecule is CC(=O)NC1CC(=O)N(c2cnn3c2CN(C(=O)OC(C)(C)C)[C@@H](Cc2cc(F)c(Cl)cc2N=C=O)C3)C1. The highest BCUT2D eigenvalue weighted by molar-refractivity contribution is 6.31. The largest absolute Gasteiger partial charge is 0.444 e. The molecular weight excluding hydrogens is 519 g/mol. The molecule has 1 aromatic carbocycles. The van der Waals surface area contributed by atoms with Gasteiger partial charge in [-0.2, -0.15) is 10.1 Å². The lowest BCUT2D eigenvalue weighted by molar-refractivity contribution is -0.119. The van der Waals surface area contributed by atoms with E-state index < -0.39 is 23.6 Å². The first-order chi connectivity index (χ1) is 17.9. The first-order valence-corrected chi connectivity index (χ1v) is 12.4. The van der Waals surface area contributed by atoms with Crippen LogP contribution in [0.25, 0.3) is 0 Å². The third kappa shape index (κ3) is 5.87. The van der Waals surface area contributed by atoms with Crippen LogP contribution in [0.3, 0.4) is 0 Å². The lowest BCUT2D eigenvalue weighted by atomic mass is 10.0. The maximum atomic E-state index is 14.3. The number of rotatable bonds is 5. The van der Waals surface area contributed by atoms with Gasteiger partial charge in [-0.3, -0.25) is 19.2 Å². The number of anilines is 1. The predicted molar refractivity (Wildman–Crippen MR) is 135 cm³/mol. The van der Waals surface area contributed by atoms with Gasteiger partial charge in [0, 0.05) is 19.9 Å². The van der Waals surface area contributed by atoms with Gasteiger partial charge in [0.2, 0.25) is 17.9 Å². The van der Waals surface area contributed by atoms with Gasteiger partial charge >= 0.3 is 6.09 Å². The zero-order valence-corrected chi connectivity index (χ0v) is 22.2. The molecule has 38 heavy (non-hydrogen) atoms. The van der Waals surface area contributed by atoms with Crippen molar-refractivity contribution in [3.63, 3.8) is 0 Å². The molecule has 2 aliphatic rings. The molecule has 2 aliphatic heterocycles. The third-order valence-electron chi connectivity index (χ3n) is 6.27. The zero-order valence-electron chi connectivity index (χ0n) is 21.5. The van der Waals surface area contributed by atoms with Crippen LogP contribution < -0.4 is 10.2 Å². The topological polar surface area (TPSA) is 126 Å². The van der Waals surface area contributed by atoms with Crippen molar-refractivity contribution in [1.82, 2.24) is 20.0 Å². The van der Waals surface area contributed by atoms with Crippen molar-refractivity contribution in [1.29, 1.82) is 0 Å². The van der Waals surface area contributed by atoms with Gasteiger partial charge in [0.05, 0.1) is 53.5 Å². The standard InChI is InChI=1S/C25H28ClFN6O5/c1-14(35)30-16-7-23(36)32(10-16)21-9-29-33-11-17(31(12-22(21)33)24(37)38-25(2,3)4)5-15-6-19(27)18(26)8-20(15)28-13-34/h6,8-9,16-17H,5,7,10-12H2,1-4H3,(H,30,35)/t16?,17-/m0/s1. The summed E-state index contributed by atoms with van der Waals surface area (Å²) in [4.78, 5) is 55.2. The summed E-state index contributed by atoms with van der Waals surface area (Å²) in [6.45, 7) is 7.19. The maximum Gasteiger partial charge on any atom is 0.410 e. The van der Waals surface area contributed by atoms with Gasteiger partial charge in [-0.05, 0) is 44.9 Å². The van der Waals surface area contributed by atoms with Crippen LogP contribution in [0.2, 0.25) is 5.02 Å². The van der Waals surface area contributed by atoms with Crippen LogP contribution in [0.1, 0.15) is 45.4 Å². The van der Waals surface area contributed by atoms with Crippen LogP contribution in [-0.2, 0) is 38.6 Å². The van der Waals surface area contributed by atoms with Gasteiger partial charge in [-0.1, -0.05) is 11.6 Å². The molecule has 1 fully saturated rings. The van der Waals surface area contributed by atoms with Crippen LogP contribution in [0.15, 0.2) is 23.3 Å². The summed E-state index contributed by atoms with van der Waals surface area (Å²) in [6.07, 6.45) is 2.69. The highest BCUT2D eigenvalue weighted by Crippen LogP contribution is 2.34. The van der Waals surface area contributed by atoms with Crippen molar-refractivity contribution >= 4 is 47.0 Å². The summed E-state index contributed by atoms with van der Waals surface area (Å²) in [6, 6.07) is 1.54. The van der Waals surface area contributed by atoms with Gasteiger partial charge in [-0.25, -0.2) is 14.0 Å². The number of halogens is 2. The lowest BCUT2D eigenvalue weighted by Gasteiger charge is -2.38. The number of hydrogen-bond acceptors (Lipinski definition) is 7. The normalized spacial score (nSPS) is 19.2. The highest BCUT2D eigenvalue weighted by atomic mass is 35.5. The third-order valence-corrected chi connectivity index (χ3v) is 6.56. The number of isocyanates is 1. The smallest absolute Gasteiger partial charge is 0.410 e. The zero-order chi connectivity index (χ0) is 27.8. The number of fused-ring (bicyclic) bond motifs is 1. The summed E-state index contributed by atoms with van der Waals surface area (Å²) in [7, 11) is 0. The van der Waals surface area contributed by atoms with E-state index in [0.717, 1.165) is 0 Å². The average Bonchev–Trinajstić information content (AvgIpc) is 3.37. The number of nitrogens with one attached hydrogen (secondary N) is 1. The molecular formula is C25H28ClFN6O5. The number of aliphatic imine (C=N–C) groups is 1. The molecule has 13 heteroatoms. The number of carbonyl (C=O) groups is 3. The monoisotopic (exact) mass is 546 g/mol. The van der Waals surface area contributed by atoms with E-state index >= 15 is 0 Å². The van der Waals surface area contributed by atoms with Crippen LogP contribution in [-0.4, -0.2) is 62.9 Å². The van der Waals surface area contributed by atoms with Crippen molar-refractivity contribution in [2.75, 3.05) is 11.4 Å². The molecule has 0 saturated carbocycles. The van der Waals surface area contributed by atoms with Gasteiger partial charge in [0.1, 0.15) is 11.4 Å². The Morgan fingerprint density at radius 1 is 1.32 bits per heavy atom. The number of nitrogens with zero attached hydrogens (tertiary/aromatic N) is 5. The van der Waals surface area contributed by atoms with Gasteiger partial charge in [0.15, 0.2) is 0 Å². The lowest BCUT2D eigenvalue weighted by Crippen LogP contribution is -2.49. The molecule has 0 radical (unpaired) electrons. The van der Waals surface area contributed by atoms with Crippen LogP contribution >= 0.6 is 11.6 Å². The Labute approximate surface area is 223 Å². The molecule has 1 saturated heterocycles. The first kappa shape index (κ1) is 27.3. The molecule has 4 rings (SSSR count). The second-order valence-corrected chi connectivity index (χ2v) is 10.7. The Morgan fingerprint density at radius 3 is 2.71 bits per heavy atom. The molecule has 1 aromatic heterocycles. The molecule has 0 aliphatic carbocycles. The molecule has 3 heterocycles. The number of ether oxygens (including phenoxy) is 1. The number of aromatic nitrogens is 2. The van der Waals surface area contributed by atoms with Crippen LogP contribution in [0.4, 0.5) is 20.6 Å². The fourth-order valence-corrected chi connectivity index (χ4v) is 4.87. The van der Waals surface area contributed by atoms with Crippen LogP contribution in [0.5, 0.6) is 0 Å². The summed E-state index contributed by atoms with van der Waals surface area (Å²) < 4.78 is 21.7. The second kappa shape index (κ2) is 10.5. The Morgan fingerprint density at radius 2 is 2.05 bits per heavy atom. The number of benzene rings is 1. The van der Waals surface area contributed by atoms with Crippen molar-refractivity contribution in [2.24, 2.45) is 4.99 Å². The van der Waals surface area contributed by atoms with E-state index in [4.69, 9.17) is 16.3 Å².